The molecule has 0 radical (unpaired) electrons. The van der Waals surface area contributed by atoms with E-state index in [0.717, 1.165) is 99.9 Å². The number of aromatic nitrogens is 2. The first-order valence-corrected chi connectivity index (χ1v) is 16.6. The summed E-state index contributed by atoms with van der Waals surface area (Å²) in [4.78, 5) is 25.6. The highest BCUT2D eigenvalue weighted by atomic mass is 16.5. The summed E-state index contributed by atoms with van der Waals surface area (Å²) in [7, 11) is 0. The number of rotatable bonds is 11. The number of carbonyl (C=O) groups is 1. The number of hydrogen-bond acceptors (Lipinski definition) is 6. The Hall–Kier alpha value is -4.40. The molecule has 4 heterocycles. The Morgan fingerprint density at radius 3 is 2.46 bits per heavy atom. The minimum atomic E-state index is -0.0404. The molecule has 2 aromatic heterocycles. The number of anilines is 1. The lowest BCUT2D eigenvalue weighted by Gasteiger charge is -2.33. The molecule has 1 unspecified atom stereocenters. The van der Waals surface area contributed by atoms with E-state index < -0.39 is 0 Å². The molecular weight excluding hydrogens is 574 g/mol. The zero-order chi connectivity index (χ0) is 31.2. The summed E-state index contributed by atoms with van der Waals surface area (Å²) in [6.45, 7) is 8.27. The summed E-state index contributed by atoms with van der Waals surface area (Å²) in [5.74, 6) is 2.00. The average molecular weight is 618 g/mol. The summed E-state index contributed by atoms with van der Waals surface area (Å²) in [6.07, 6.45) is 4.78. The van der Waals surface area contributed by atoms with Crippen molar-refractivity contribution < 1.29 is 13.9 Å². The second-order valence-corrected chi connectivity index (χ2v) is 12.6. The number of carbonyl (C=O) groups excluding carboxylic acids is 1. The summed E-state index contributed by atoms with van der Waals surface area (Å²) in [5, 5.41) is 0. The van der Waals surface area contributed by atoms with Crippen LogP contribution in [0.5, 0.6) is 0 Å². The number of likely N-dealkylation sites (tertiary alicyclic amines) is 1. The maximum atomic E-state index is 13.4. The molecule has 3 aromatic carbocycles. The maximum Gasteiger partial charge on any atom is 0.253 e. The molecule has 238 valence electrons. The summed E-state index contributed by atoms with van der Waals surface area (Å²) < 4.78 is 13.7. The van der Waals surface area contributed by atoms with Crippen LogP contribution in [0.3, 0.4) is 0 Å². The summed E-state index contributed by atoms with van der Waals surface area (Å²) >= 11 is 0. The van der Waals surface area contributed by atoms with E-state index in [1.165, 1.54) is 5.56 Å². The van der Waals surface area contributed by atoms with E-state index in [9.17, 15) is 4.79 Å². The van der Waals surface area contributed by atoms with Crippen molar-refractivity contribution in [3.63, 3.8) is 0 Å². The van der Waals surface area contributed by atoms with Crippen LogP contribution in [0.15, 0.2) is 108 Å². The first-order valence-electron chi connectivity index (χ1n) is 16.6. The fraction of sp³-hybridized carbons (Fsp3) is 0.368. The second-order valence-electron chi connectivity index (χ2n) is 12.6. The van der Waals surface area contributed by atoms with Crippen molar-refractivity contribution in [2.24, 2.45) is 0 Å². The predicted molar refractivity (Wildman–Crippen MR) is 181 cm³/mol. The summed E-state index contributed by atoms with van der Waals surface area (Å²) in [6, 6.07) is 32.8. The smallest absolute Gasteiger partial charge is 0.253 e. The van der Waals surface area contributed by atoms with Gasteiger partial charge in [-0.25, -0.2) is 4.98 Å². The van der Waals surface area contributed by atoms with Gasteiger partial charge in [0.2, 0.25) is 5.95 Å². The molecule has 8 heteroatoms. The quantitative estimate of drug-likeness (QED) is 0.164. The van der Waals surface area contributed by atoms with Crippen molar-refractivity contribution in [3.05, 3.63) is 120 Å². The van der Waals surface area contributed by atoms with Crippen molar-refractivity contribution >= 4 is 22.9 Å². The van der Waals surface area contributed by atoms with Gasteiger partial charge in [-0.3, -0.25) is 4.79 Å². The van der Waals surface area contributed by atoms with Crippen LogP contribution in [0.25, 0.3) is 11.0 Å². The number of amides is 1. The molecule has 8 nitrogen and oxygen atoms in total. The third-order valence-corrected chi connectivity index (χ3v) is 9.74. The molecule has 46 heavy (non-hydrogen) atoms. The van der Waals surface area contributed by atoms with E-state index in [0.29, 0.717) is 13.2 Å². The number of nitrogens with zero attached hydrogens (tertiary/aromatic N) is 5. The Labute approximate surface area is 271 Å². The van der Waals surface area contributed by atoms with E-state index in [2.05, 4.69) is 73.9 Å². The van der Waals surface area contributed by atoms with Crippen LogP contribution in [0.1, 0.15) is 40.9 Å². The standard InChI is InChI=1S/C38H43N5O3/c44-36(31-11-3-1-4-12-31)42-23-19-38(30-42,32-13-5-2-6-14-32)18-22-40-20-10-21-41(25-24-40)37-39-34-16-7-8-17-35(34)43(37)26-28-45-29-33-15-9-27-46-33/h1-9,11-17,27H,10,18-26,28-30H2. The molecular formula is C38H43N5O3. The Bertz CT molecular complexity index is 1700. The van der Waals surface area contributed by atoms with Crippen LogP contribution in [0.2, 0.25) is 0 Å². The van der Waals surface area contributed by atoms with Crippen LogP contribution in [-0.4, -0.2) is 77.7 Å². The fourth-order valence-electron chi connectivity index (χ4n) is 7.20. The van der Waals surface area contributed by atoms with Gasteiger partial charge in [0.15, 0.2) is 0 Å². The normalized spacial score (nSPS) is 19.1. The van der Waals surface area contributed by atoms with E-state index in [1.807, 2.05) is 42.5 Å². The lowest BCUT2D eigenvalue weighted by Crippen LogP contribution is -2.39. The molecule has 0 aliphatic carbocycles. The van der Waals surface area contributed by atoms with E-state index in [1.54, 1.807) is 6.26 Å². The zero-order valence-electron chi connectivity index (χ0n) is 26.5. The molecule has 7 rings (SSSR count). The number of para-hydroxylation sites is 2. The van der Waals surface area contributed by atoms with Gasteiger partial charge in [0, 0.05) is 50.2 Å². The Morgan fingerprint density at radius 1 is 0.826 bits per heavy atom. The predicted octanol–water partition coefficient (Wildman–Crippen LogP) is 6.23. The van der Waals surface area contributed by atoms with Gasteiger partial charge < -0.3 is 28.4 Å². The molecule has 0 bridgehead atoms. The zero-order valence-corrected chi connectivity index (χ0v) is 26.5. The Morgan fingerprint density at radius 2 is 1.63 bits per heavy atom. The fourth-order valence-corrected chi connectivity index (χ4v) is 7.20. The highest BCUT2D eigenvalue weighted by molar-refractivity contribution is 5.94. The van der Waals surface area contributed by atoms with Gasteiger partial charge in [0.25, 0.3) is 5.91 Å². The van der Waals surface area contributed by atoms with Crippen molar-refractivity contribution in [2.45, 2.75) is 37.8 Å². The lowest BCUT2D eigenvalue weighted by molar-refractivity contribution is 0.0781. The lowest BCUT2D eigenvalue weighted by atomic mass is 9.76. The first kappa shape index (κ1) is 30.3. The number of fused-ring (bicyclic) bond motifs is 1. The van der Waals surface area contributed by atoms with Crippen LogP contribution >= 0.6 is 0 Å². The number of ether oxygens (including phenoxy) is 1. The van der Waals surface area contributed by atoms with Crippen LogP contribution < -0.4 is 4.90 Å². The van der Waals surface area contributed by atoms with Crippen LogP contribution in [-0.2, 0) is 23.3 Å². The molecule has 2 fully saturated rings. The number of hydrogen-bond donors (Lipinski definition) is 0. The van der Waals surface area contributed by atoms with Gasteiger partial charge in [0.1, 0.15) is 12.4 Å². The molecule has 0 saturated carbocycles. The SMILES string of the molecule is O=C(c1ccccc1)N1CCC(CCN2CCCN(c3nc4ccccc4n3CCOCc3ccco3)CC2)(c2ccccc2)C1. The molecule has 1 amide bonds. The number of furan rings is 1. The van der Waals surface area contributed by atoms with Gasteiger partial charge in [-0.15, -0.1) is 0 Å². The van der Waals surface area contributed by atoms with Gasteiger partial charge in [-0.05, 0) is 74.3 Å². The molecule has 0 spiro atoms. The molecule has 0 N–H and O–H groups in total. The van der Waals surface area contributed by atoms with E-state index in [4.69, 9.17) is 14.1 Å². The van der Waals surface area contributed by atoms with Gasteiger partial charge in [-0.1, -0.05) is 60.7 Å². The minimum Gasteiger partial charge on any atom is -0.467 e. The Balaban J connectivity index is 1.02. The van der Waals surface area contributed by atoms with Crippen molar-refractivity contribution in [3.8, 4) is 0 Å². The molecule has 1 atom stereocenters. The third kappa shape index (κ3) is 6.59. The molecule has 2 saturated heterocycles. The van der Waals surface area contributed by atoms with E-state index >= 15 is 0 Å². The van der Waals surface area contributed by atoms with Gasteiger partial charge >= 0.3 is 0 Å². The van der Waals surface area contributed by atoms with Crippen molar-refractivity contribution in [2.75, 3.05) is 57.3 Å². The number of benzene rings is 3. The van der Waals surface area contributed by atoms with Crippen molar-refractivity contribution in [1.29, 1.82) is 0 Å². The topological polar surface area (TPSA) is 67.0 Å². The average Bonchev–Trinajstić information content (AvgIpc) is 3.83. The summed E-state index contributed by atoms with van der Waals surface area (Å²) in [5.41, 5.74) is 4.24. The van der Waals surface area contributed by atoms with Crippen LogP contribution in [0.4, 0.5) is 5.95 Å². The first-order chi connectivity index (χ1) is 22.7. The van der Waals surface area contributed by atoms with Gasteiger partial charge in [-0.2, -0.15) is 0 Å². The number of imidazole rings is 1. The largest absolute Gasteiger partial charge is 0.467 e. The molecule has 2 aliphatic heterocycles. The highest BCUT2D eigenvalue weighted by Crippen LogP contribution is 2.38. The Kier molecular flexibility index (Phi) is 9.17. The monoisotopic (exact) mass is 617 g/mol. The molecule has 5 aromatic rings. The van der Waals surface area contributed by atoms with Crippen LogP contribution in [0, 0.1) is 0 Å². The second kappa shape index (κ2) is 13.9. The minimum absolute atomic E-state index is 0.0404. The van der Waals surface area contributed by atoms with E-state index in [-0.39, 0.29) is 11.3 Å². The van der Waals surface area contributed by atoms with Gasteiger partial charge in [0.05, 0.1) is 23.9 Å². The van der Waals surface area contributed by atoms with Crippen molar-refractivity contribution in [1.82, 2.24) is 19.4 Å². The maximum absolute atomic E-state index is 13.4. The highest BCUT2D eigenvalue weighted by Gasteiger charge is 2.41. The third-order valence-electron chi connectivity index (χ3n) is 9.74. The molecule has 2 aliphatic rings.